The lowest BCUT2D eigenvalue weighted by molar-refractivity contribution is -0.133. The van der Waals surface area contributed by atoms with Crippen LogP contribution in [-0.4, -0.2) is 109 Å². The molecule has 11 nitrogen and oxygen atoms in total. The second-order valence-corrected chi connectivity index (χ2v) is 13.8. The van der Waals surface area contributed by atoms with Crippen molar-refractivity contribution >= 4 is 47.7 Å². The molecule has 0 spiro atoms. The largest absolute Gasteiger partial charge is 0.388 e. The Morgan fingerprint density at radius 3 is 2.27 bits per heavy atom. The number of carbonyl (C=O) groups excluding carboxylic acids is 4. The lowest BCUT2D eigenvalue weighted by atomic mass is 10.0. The van der Waals surface area contributed by atoms with Gasteiger partial charge in [-0.05, 0) is 94.8 Å². The smallest absolute Gasteiger partial charge is 0.322 e. The highest BCUT2D eigenvalue weighted by Gasteiger charge is 2.32. The van der Waals surface area contributed by atoms with Crippen molar-refractivity contribution in [1.29, 1.82) is 0 Å². The number of halogens is 1. The van der Waals surface area contributed by atoms with Crippen molar-refractivity contribution in [2.45, 2.75) is 89.9 Å². The summed E-state index contributed by atoms with van der Waals surface area (Å²) in [7, 11) is 1.88. The summed E-state index contributed by atoms with van der Waals surface area (Å²) in [6.07, 6.45) is 9.97. The number of anilines is 2. The van der Waals surface area contributed by atoms with Gasteiger partial charge < -0.3 is 35.6 Å². The Hall–Kier alpha value is -3.83. The fourth-order valence-corrected chi connectivity index (χ4v) is 7.08. The molecule has 5 amide bonds. The molecule has 0 saturated carbocycles. The average Bonchev–Trinajstić information content (AvgIpc) is 3.13. The van der Waals surface area contributed by atoms with Gasteiger partial charge in [0.15, 0.2) is 0 Å². The number of piperidine rings is 3. The van der Waals surface area contributed by atoms with Crippen molar-refractivity contribution in [3.63, 3.8) is 0 Å². The molecule has 0 unspecified atom stereocenters. The first kappa shape index (κ1) is 38.0. The number of fused-ring (bicyclic) bond motifs is 1. The van der Waals surface area contributed by atoms with E-state index < -0.39 is 0 Å². The van der Waals surface area contributed by atoms with Gasteiger partial charge in [-0.1, -0.05) is 42.3 Å². The van der Waals surface area contributed by atoms with Gasteiger partial charge in [0, 0.05) is 80.7 Å². The number of urea groups is 1. The topological polar surface area (TPSA) is 117 Å². The minimum atomic E-state index is -0.160. The van der Waals surface area contributed by atoms with E-state index in [4.69, 9.17) is 11.6 Å². The summed E-state index contributed by atoms with van der Waals surface area (Å²) in [6, 6.07) is 14.4. The number of likely N-dealkylation sites (tertiary alicyclic amines) is 3. The van der Waals surface area contributed by atoms with Crippen LogP contribution in [0.4, 0.5) is 16.2 Å². The van der Waals surface area contributed by atoms with E-state index in [9.17, 15) is 19.2 Å². The van der Waals surface area contributed by atoms with Crippen molar-refractivity contribution in [2.24, 2.45) is 0 Å². The average molecular weight is 696 g/mol. The lowest BCUT2D eigenvalue weighted by Crippen LogP contribution is -2.51. The molecule has 2 aromatic rings. The standard InChI is InChI=1S/C18H24N4O3.C11H20N2O.C8H10ClN/c1-13(19-12-23)10-17(24)21-8-6-15(7-9-21)22-11-14-4-2-3-5-16(14)20-18(22)25;14-10-12-8-4-11(5-9-12)13-6-2-1-3-7-13;1-6-3-4-7(10-2)5-8(6)9/h2-5,12-13,15H,6-11H2,1H3,(H,19,23)(H,20,25);10-11H,1-9H2;3-5,10H,1-2H3/t13-;;/m1../s1. The highest BCUT2D eigenvalue weighted by Crippen LogP contribution is 2.28. The maximum absolute atomic E-state index is 12.4. The maximum Gasteiger partial charge on any atom is 0.322 e. The second kappa shape index (κ2) is 19.4. The first-order chi connectivity index (χ1) is 23.7. The molecule has 0 aromatic heterocycles. The third-order valence-electron chi connectivity index (χ3n) is 9.97. The Morgan fingerprint density at radius 2 is 1.63 bits per heavy atom. The number of para-hydroxylation sites is 1. The molecule has 3 N–H and O–H groups in total. The first-order valence-corrected chi connectivity index (χ1v) is 18.1. The highest BCUT2D eigenvalue weighted by molar-refractivity contribution is 6.31. The van der Waals surface area contributed by atoms with Gasteiger partial charge in [-0.25, -0.2) is 4.79 Å². The zero-order chi connectivity index (χ0) is 35.2. The normalized spacial score (nSPS) is 19.2. The molecule has 0 bridgehead atoms. The van der Waals surface area contributed by atoms with Crippen molar-refractivity contribution < 1.29 is 19.2 Å². The van der Waals surface area contributed by atoms with Gasteiger partial charge in [-0.3, -0.25) is 14.4 Å². The van der Waals surface area contributed by atoms with Gasteiger partial charge in [0.1, 0.15) is 0 Å². The Morgan fingerprint density at radius 1 is 0.959 bits per heavy atom. The van der Waals surface area contributed by atoms with Gasteiger partial charge in [0.05, 0.1) is 0 Å². The molecule has 268 valence electrons. The number of benzene rings is 2. The predicted molar refractivity (Wildman–Crippen MR) is 196 cm³/mol. The van der Waals surface area contributed by atoms with Crippen LogP contribution in [0.25, 0.3) is 0 Å². The van der Waals surface area contributed by atoms with Crippen molar-refractivity contribution in [1.82, 2.24) is 24.9 Å². The number of aryl methyl sites for hydroxylation is 1. The lowest BCUT2D eigenvalue weighted by Gasteiger charge is -2.40. The summed E-state index contributed by atoms with van der Waals surface area (Å²) in [6.45, 7) is 10.2. The highest BCUT2D eigenvalue weighted by atomic mass is 35.5. The molecule has 4 heterocycles. The molecular formula is C37H54ClN7O4. The van der Waals surface area contributed by atoms with Gasteiger partial charge in [0.25, 0.3) is 0 Å². The maximum atomic E-state index is 12.4. The van der Waals surface area contributed by atoms with Crippen LogP contribution in [0.1, 0.15) is 69.4 Å². The quantitative estimate of drug-likeness (QED) is 0.322. The number of nitrogens with one attached hydrogen (secondary N) is 3. The molecule has 0 aliphatic carbocycles. The number of hydrogen-bond donors (Lipinski definition) is 3. The minimum Gasteiger partial charge on any atom is -0.388 e. The minimum absolute atomic E-state index is 0.0498. The first-order valence-electron chi connectivity index (χ1n) is 17.7. The van der Waals surface area contributed by atoms with E-state index in [1.54, 1.807) is 0 Å². The molecular weight excluding hydrogens is 642 g/mol. The van der Waals surface area contributed by atoms with Gasteiger partial charge >= 0.3 is 6.03 Å². The molecule has 6 rings (SSSR count). The summed E-state index contributed by atoms with van der Waals surface area (Å²) in [4.78, 5) is 53.9. The molecule has 0 radical (unpaired) electrons. The Bertz CT molecular complexity index is 1370. The van der Waals surface area contributed by atoms with Crippen LogP contribution in [0.15, 0.2) is 42.5 Å². The molecule has 4 aliphatic rings. The van der Waals surface area contributed by atoms with Gasteiger partial charge in [-0.15, -0.1) is 0 Å². The van der Waals surface area contributed by atoms with E-state index in [0.29, 0.717) is 32.5 Å². The fourth-order valence-electron chi connectivity index (χ4n) is 6.90. The predicted octanol–water partition coefficient (Wildman–Crippen LogP) is 5.33. The van der Waals surface area contributed by atoms with Crippen molar-refractivity contribution in [3.05, 3.63) is 58.6 Å². The third kappa shape index (κ3) is 11.4. The van der Waals surface area contributed by atoms with Crippen LogP contribution in [0.3, 0.4) is 0 Å². The molecule has 4 aliphatic heterocycles. The number of carbonyl (C=O) groups is 4. The van der Waals surface area contributed by atoms with Crippen molar-refractivity contribution in [2.75, 3.05) is 56.9 Å². The zero-order valence-electron chi connectivity index (χ0n) is 29.3. The zero-order valence-corrected chi connectivity index (χ0v) is 30.1. The third-order valence-corrected chi connectivity index (χ3v) is 10.4. The summed E-state index contributed by atoms with van der Waals surface area (Å²) in [5, 5.41) is 9.37. The Labute approximate surface area is 296 Å². The molecule has 12 heteroatoms. The van der Waals surface area contributed by atoms with E-state index in [2.05, 4.69) is 20.9 Å². The fraction of sp³-hybridized carbons (Fsp3) is 0.568. The molecule has 3 saturated heterocycles. The molecule has 3 fully saturated rings. The van der Waals surface area contributed by atoms with Crippen LogP contribution >= 0.6 is 11.6 Å². The number of nitrogens with zero attached hydrogens (tertiary/aromatic N) is 4. The second-order valence-electron chi connectivity index (χ2n) is 13.4. The number of rotatable bonds is 8. The van der Waals surface area contributed by atoms with E-state index in [0.717, 1.165) is 65.9 Å². The summed E-state index contributed by atoms with van der Waals surface area (Å²) >= 11 is 5.85. The van der Waals surface area contributed by atoms with Gasteiger partial charge in [-0.2, -0.15) is 0 Å². The summed E-state index contributed by atoms with van der Waals surface area (Å²) in [5.74, 6) is 0.0498. The molecule has 49 heavy (non-hydrogen) atoms. The van der Waals surface area contributed by atoms with Crippen LogP contribution < -0.4 is 16.0 Å². The number of hydrogen-bond acceptors (Lipinski definition) is 6. The van der Waals surface area contributed by atoms with Crippen LogP contribution in [0.2, 0.25) is 5.02 Å². The van der Waals surface area contributed by atoms with Crippen molar-refractivity contribution in [3.8, 4) is 0 Å². The van der Waals surface area contributed by atoms with Gasteiger partial charge in [0.2, 0.25) is 18.7 Å². The van der Waals surface area contributed by atoms with Crippen LogP contribution in [-0.2, 0) is 20.9 Å². The van der Waals surface area contributed by atoms with Crippen LogP contribution in [0.5, 0.6) is 0 Å². The Kier molecular flexibility index (Phi) is 15.0. The molecule has 2 aromatic carbocycles. The number of amides is 5. The van der Waals surface area contributed by atoms with E-state index in [-0.39, 0.29) is 24.0 Å². The SMILES string of the molecule is CNc1ccc(C)c(Cl)c1.C[C@H](CC(=O)N1CCC(N2Cc3ccccc3NC2=O)CC1)NC=O.O=CN1CCC(N2CCCCC2)CC1. The van der Waals surface area contributed by atoms with E-state index in [1.165, 1.54) is 45.2 Å². The van der Waals surface area contributed by atoms with Crippen LogP contribution in [0, 0.1) is 6.92 Å². The van der Waals surface area contributed by atoms with E-state index in [1.807, 2.05) is 78.1 Å². The Balaban J connectivity index is 0.000000188. The monoisotopic (exact) mass is 695 g/mol. The van der Waals surface area contributed by atoms with E-state index >= 15 is 0 Å². The molecule has 1 atom stereocenters. The summed E-state index contributed by atoms with van der Waals surface area (Å²) in [5.41, 5.74) is 4.17. The summed E-state index contributed by atoms with van der Waals surface area (Å²) < 4.78 is 0.